The summed E-state index contributed by atoms with van der Waals surface area (Å²) in [5.41, 5.74) is 1.27. The largest absolute Gasteiger partial charge is 0.508 e. The fourth-order valence-corrected chi connectivity index (χ4v) is 3.51. The predicted molar refractivity (Wildman–Crippen MR) is 113 cm³/mol. The Morgan fingerprint density at radius 2 is 1.63 bits per heavy atom. The number of hydrogen-bond acceptors (Lipinski definition) is 5. The van der Waals surface area contributed by atoms with E-state index in [0.29, 0.717) is 5.56 Å². The van der Waals surface area contributed by atoms with E-state index in [0.717, 1.165) is 11.3 Å². The lowest BCUT2D eigenvalue weighted by atomic mass is 9.95. The van der Waals surface area contributed by atoms with E-state index < -0.39 is 17.7 Å². The van der Waals surface area contributed by atoms with Crippen LogP contribution in [-0.4, -0.2) is 32.4 Å². The lowest BCUT2D eigenvalue weighted by molar-refractivity contribution is -0.130. The average molecular weight is 409 g/mol. The van der Waals surface area contributed by atoms with Gasteiger partial charge in [0.15, 0.2) is 11.5 Å². The summed E-state index contributed by atoms with van der Waals surface area (Å²) < 4.78 is 5.83. The lowest BCUT2D eigenvalue weighted by Gasteiger charge is -2.27. The molecular weight excluding hydrogens is 382 g/mol. The number of aliphatic hydroxyl groups is 1. The van der Waals surface area contributed by atoms with Gasteiger partial charge in [0.2, 0.25) is 0 Å². The minimum atomic E-state index is -0.712. The summed E-state index contributed by atoms with van der Waals surface area (Å²) in [6.07, 6.45) is 0.175. The first-order valence-electron chi connectivity index (χ1n) is 9.95. The topological polar surface area (TPSA) is 87.1 Å². The summed E-state index contributed by atoms with van der Waals surface area (Å²) in [5.74, 6) is -0.569. The SMILES string of the molecule is CCC(=O)C1=C(O)C(=O)N(Cc2ccc(OC(C)(C)C)cc2)C1c1ccc(O)cc1. The van der Waals surface area contributed by atoms with E-state index in [9.17, 15) is 19.8 Å². The maximum absolute atomic E-state index is 12.8. The Labute approximate surface area is 176 Å². The van der Waals surface area contributed by atoms with E-state index in [4.69, 9.17) is 4.74 Å². The minimum absolute atomic E-state index is 0.0839. The number of nitrogens with zero attached hydrogens (tertiary/aromatic N) is 1. The molecule has 0 saturated heterocycles. The van der Waals surface area contributed by atoms with Gasteiger partial charge in [-0.3, -0.25) is 9.59 Å². The van der Waals surface area contributed by atoms with Gasteiger partial charge >= 0.3 is 0 Å². The van der Waals surface area contributed by atoms with Crippen LogP contribution < -0.4 is 4.74 Å². The van der Waals surface area contributed by atoms with Crippen LogP contribution >= 0.6 is 0 Å². The smallest absolute Gasteiger partial charge is 0.290 e. The molecule has 1 heterocycles. The highest BCUT2D eigenvalue weighted by Gasteiger charge is 2.42. The van der Waals surface area contributed by atoms with Crippen molar-refractivity contribution in [3.05, 3.63) is 71.0 Å². The van der Waals surface area contributed by atoms with Gasteiger partial charge in [-0.2, -0.15) is 0 Å². The molecule has 30 heavy (non-hydrogen) atoms. The molecule has 1 unspecified atom stereocenters. The van der Waals surface area contributed by atoms with Crippen molar-refractivity contribution in [3.8, 4) is 11.5 Å². The number of aromatic hydroxyl groups is 1. The summed E-state index contributed by atoms with van der Waals surface area (Å²) in [6, 6.07) is 13.0. The molecule has 0 fully saturated rings. The number of Topliss-reactive ketones (excluding diaryl/α,β-unsaturated/α-hetero) is 1. The number of phenols is 1. The molecule has 1 amide bonds. The van der Waals surface area contributed by atoms with Crippen molar-refractivity contribution in [1.29, 1.82) is 0 Å². The molecule has 6 nitrogen and oxygen atoms in total. The number of phenolic OH excluding ortho intramolecular Hbond substituents is 1. The highest BCUT2D eigenvalue weighted by Crippen LogP contribution is 2.39. The quantitative estimate of drug-likeness (QED) is 0.736. The van der Waals surface area contributed by atoms with Gasteiger partial charge in [-0.15, -0.1) is 0 Å². The molecule has 0 aliphatic carbocycles. The number of ether oxygens (including phenoxy) is 1. The van der Waals surface area contributed by atoms with Gasteiger partial charge in [0.1, 0.15) is 17.1 Å². The van der Waals surface area contributed by atoms with Gasteiger partial charge in [0.25, 0.3) is 5.91 Å². The molecule has 1 atom stereocenters. The van der Waals surface area contributed by atoms with Crippen molar-refractivity contribution in [2.24, 2.45) is 0 Å². The summed E-state index contributed by atoms with van der Waals surface area (Å²) in [5, 5.41) is 20.1. The number of carbonyl (C=O) groups is 2. The van der Waals surface area contributed by atoms with Crippen LogP contribution in [0.15, 0.2) is 59.9 Å². The van der Waals surface area contributed by atoms with E-state index in [-0.39, 0.29) is 35.7 Å². The van der Waals surface area contributed by atoms with Crippen LogP contribution in [-0.2, 0) is 16.1 Å². The van der Waals surface area contributed by atoms with Crippen LogP contribution in [0.4, 0.5) is 0 Å². The van der Waals surface area contributed by atoms with Crippen LogP contribution in [0.2, 0.25) is 0 Å². The molecule has 2 N–H and O–H groups in total. The van der Waals surface area contributed by atoms with Crippen molar-refractivity contribution in [3.63, 3.8) is 0 Å². The summed E-state index contributed by atoms with van der Waals surface area (Å²) in [4.78, 5) is 26.8. The molecule has 0 saturated carbocycles. The monoisotopic (exact) mass is 409 g/mol. The first-order chi connectivity index (χ1) is 14.1. The molecule has 2 aromatic carbocycles. The Hall–Kier alpha value is -3.28. The van der Waals surface area contributed by atoms with Gasteiger partial charge in [-0.25, -0.2) is 0 Å². The Kier molecular flexibility index (Phi) is 5.87. The molecule has 0 spiro atoms. The maximum Gasteiger partial charge on any atom is 0.290 e. The van der Waals surface area contributed by atoms with E-state index in [1.165, 1.54) is 17.0 Å². The number of carbonyl (C=O) groups excluding carboxylic acids is 2. The third kappa shape index (κ3) is 4.48. The molecule has 2 aromatic rings. The maximum atomic E-state index is 12.8. The molecule has 6 heteroatoms. The number of amides is 1. The number of rotatable bonds is 6. The Bertz CT molecular complexity index is 968. The molecular formula is C24H27NO5. The van der Waals surface area contributed by atoms with Gasteiger partial charge in [-0.05, 0) is 56.2 Å². The van der Waals surface area contributed by atoms with Crippen LogP contribution in [0.25, 0.3) is 0 Å². The van der Waals surface area contributed by atoms with Crippen molar-refractivity contribution >= 4 is 11.7 Å². The Balaban J connectivity index is 1.93. The van der Waals surface area contributed by atoms with E-state index in [2.05, 4.69) is 0 Å². The van der Waals surface area contributed by atoms with Gasteiger partial charge in [-0.1, -0.05) is 31.2 Å². The Morgan fingerprint density at radius 3 is 2.17 bits per heavy atom. The molecule has 1 aliphatic heterocycles. The fourth-order valence-electron chi connectivity index (χ4n) is 3.51. The van der Waals surface area contributed by atoms with Crippen molar-refractivity contribution in [2.45, 2.75) is 52.3 Å². The van der Waals surface area contributed by atoms with E-state index in [1.54, 1.807) is 19.1 Å². The number of aliphatic hydroxyl groups excluding tert-OH is 1. The Morgan fingerprint density at radius 1 is 1.03 bits per heavy atom. The van der Waals surface area contributed by atoms with Crippen LogP contribution in [0.1, 0.15) is 51.3 Å². The van der Waals surface area contributed by atoms with Gasteiger partial charge in [0, 0.05) is 13.0 Å². The lowest BCUT2D eigenvalue weighted by Crippen LogP contribution is -2.30. The third-order valence-electron chi connectivity index (χ3n) is 4.83. The summed E-state index contributed by atoms with van der Waals surface area (Å²) in [7, 11) is 0. The minimum Gasteiger partial charge on any atom is -0.508 e. The average Bonchev–Trinajstić information content (AvgIpc) is 2.93. The zero-order chi connectivity index (χ0) is 22.1. The number of ketones is 1. The number of benzene rings is 2. The molecule has 0 radical (unpaired) electrons. The molecule has 0 bridgehead atoms. The summed E-state index contributed by atoms with van der Waals surface area (Å²) >= 11 is 0. The van der Waals surface area contributed by atoms with Crippen molar-refractivity contribution in [1.82, 2.24) is 4.90 Å². The zero-order valence-corrected chi connectivity index (χ0v) is 17.7. The second-order valence-electron chi connectivity index (χ2n) is 8.32. The van der Waals surface area contributed by atoms with Gasteiger partial charge in [0.05, 0.1) is 11.6 Å². The molecule has 0 aromatic heterocycles. The zero-order valence-electron chi connectivity index (χ0n) is 17.7. The molecule has 3 rings (SSSR count). The second kappa shape index (κ2) is 8.22. The van der Waals surface area contributed by atoms with E-state index in [1.807, 2.05) is 45.0 Å². The highest BCUT2D eigenvalue weighted by molar-refractivity contribution is 6.08. The predicted octanol–water partition coefficient (Wildman–Crippen LogP) is 4.44. The standard InChI is InChI=1S/C24H27NO5/c1-5-19(27)20-21(16-8-10-17(26)11-9-16)25(23(29)22(20)28)14-15-6-12-18(13-7-15)30-24(2,3)4/h6-13,21,26,28H,5,14H2,1-4H3. The van der Waals surface area contributed by atoms with Gasteiger partial charge < -0.3 is 19.8 Å². The molecule has 1 aliphatic rings. The van der Waals surface area contributed by atoms with Crippen LogP contribution in [0.5, 0.6) is 11.5 Å². The third-order valence-corrected chi connectivity index (χ3v) is 4.83. The van der Waals surface area contributed by atoms with Crippen LogP contribution in [0, 0.1) is 0 Å². The molecule has 158 valence electrons. The van der Waals surface area contributed by atoms with Crippen molar-refractivity contribution < 1.29 is 24.5 Å². The second-order valence-corrected chi connectivity index (χ2v) is 8.32. The van der Waals surface area contributed by atoms with Crippen LogP contribution in [0.3, 0.4) is 0 Å². The normalized spacial score (nSPS) is 16.9. The first-order valence-corrected chi connectivity index (χ1v) is 9.95. The van der Waals surface area contributed by atoms with E-state index >= 15 is 0 Å². The number of hydrogen-bond donors (Lipinski definition) is 2. The van der Waals surface area contributed by atoms with Crippen molar-refractivity contribution in [2.75, 3.05) is 0 Å². The first kappa shape index (κ1) is 21.4. The highest BCUT2D eigenvalue weighted by atomic mass is 16.5. The summed E-state index contributed by atoms with van der Waals surface area (Å²) in [6.45, 7) is 7.80. The fraction of sp³-hybridized carbons (Fsp3) is 0.333.